The number of fused-ring (bicyclic) bond motifs is 4. The van der Waals surface area contributed by atoms with E-state index in [0.717, 1.165) is 23.7 Å². The first-order valence-electron chi connectivity index (χ1n) is 7.61. The predicted molar refractivity (Wildman–Crippen MR) is 89.7 cm³/mol. The van der Waals surface area contributed by atoms with E-state index < -0.39 is 5.91 Å². The molecule has 4 rings (SSSR count). The van der Waals surface area contributed by atoms with Crippen molar-refractivity contribution in [3.05, 3.63) is 47.3 Å². The van der Waals surface area contributed by atoms with Gasteiger partial charge in [0.1, 0.15) is 0 Å². The Bertz CT molecular complexity index is 868. The van der Waals surface area contributed by atoms with Crippen LogP contribution in [0.15, 0.2) is 41.0 Å². The summed E-state index contributed by atoms with van der Waals surface area (Å²) >= 11 is 0. The summed E-state index contributed by atoms with van der Waals surface area (Å²) in [5.74, 6) is -0.400. The number of rotatable bonds is 1. The lowest BCUT2D eigenvalue weighted by Gasteiger charge is -2.19. The maximum absolute atomic E-state index is 11.4. The number of amides is 1. The van der Waals surface area contributed by atoms with Crippen LogP contribution in [0.4, 0.5) is 0 Å². The quantitative estimate of drug-likeness (QED) is 0.857. The van der Waals surface area contributed by atoms with Gasteiger partial charge in [-0.25, -0.2) is 0 Å². The average Bonchev–Trinajstić information content (AvgIpc) is 2.86. The molecule has 0 bridgehead atoms. The number of nitrogens with two attached hydrogens (primary N) is 1. The highest BCUT2D eigenvalue weighted by molar-refractivity contribution is 6.00. The van der Waals surface area contributed by atoms with Crippen molar-refractivity contribution < 1.29 is 4.79 Å². The topological polar surface area (TPSA) is 60.4 Å². The molecule has 2 aromatic rings. The van der Waals surface area contributed by atoms with Gasteiger partial charge in [-0.2, -0.15) is 0 Å². The summed E-state index contributed by atoms with van der Waals surface area (Å²) in [5, 5.41) is 1.11. The molecule has 0 saturated carbocycles. The summed E-state index contributed by atoms with van der Waals surface area (Å²) in [6.07, 6.45) is 10.3. The number of carbonyl (C=O) groups is 1. The predicted octanol–water partition coefficient (Wildman–Crippen LogP) is 3.58. The van der Waals surface area contributed by atoms with Gasteiger partial charge in [0.2, 0.25) is 5.91 Å². The van der Waals surface area contributed by atoms with Gasteiger partial charge in [0, 0.05) is 35.3 Å². The maximum Gasteiger partial charge on any atom is 0.248 e. The fourth-order valence-corrected chi connectivity index (χ4v) is 3.37. The van der Waals surface area contributed by atoms with Crippen LogP contribution < -0.4 is 5.73 Å². The molecule has 1 aliphatic carbocycles. The fraction of sp³-hybridized carbons (Fsp3) is 0.222. The zero-order valence-electron chi connectivity index (χ0n) is 12.2. The molecule has 22 heavy (non-hydrogen) atoms. The Kier molecular flexibility index (Phi) is 2.96. The van der Waals surface area contributed by atoms with Crippen molar-refractivity contribution >= 4 is 34.8 Å². The van der Waals surface area contributed by atoms with Gasteiger partial charge in [0.05, 0.1) is 5.52 Å². The highest BCUT2D eigenvalue weighted by Gasteiger charge is 2.19. The third-order valence-corrected chi connectivity index (χ3v) is 4.48. The van der Waals surface area contributed by atoms with Gasteiger partial charge in [0.15, 0.2) is 0 Å². The molecule has 1 amide bonds. The number of aromatic nitrogens is 1. The van der Waals surface area contributed by atoms with E-state index in [9.17, 15) is 4.79 Å². The number of allylic oxidation sites excluding steroid dienone is 2. The van der Waals surface area contributed by atoms with Crippen molar-refractivity contribution in [2.45, 2.75) is 25.7 Å². The molecule has 0 atom stereocenters. The number of benzene rings is 1. The van der Waals surface area contributed by atoms with E-state index in [0.29, 0.717) is 5.56 Å². The van der Waals surface area contributed by atoms with E-state index in [4.69, 9.17) is 5.73 Å². The van der Waals surface area contributed by atoms with E-state index in [-0.39, 0.29) is 0 Å². The highest BCUT2D eigenvalue weighted by Crippen LogP contribution is 2.35. The van der Waals surface area contributed by atoms with Gasteiger partial charge in [0.25, 0.3) is 0 Å². The lowest BCUT2D eigenvalue weighted by atomic mass is 9.90. The standard InChI is InChI=1S/C18H17N3O/c19-18(22)13-6-5-12-9-17-15-4-2-1-3-14(15)11-20-7-8-21(17)16(12)10-13/h5-11H,1-4H2,(H2,19,22). The lowest BCUT2D eigenvalue weighted by Crippen LogP contribution is -2.10. The van der Waals surface area contributed by atoms with E-state index in [1.807, 2.05) is 24.5 Å². The van der Waals surface area contributed by atoms with E-state index in [1.54, 1.807) is 12.3 Å². The van der Waals surface area contributed by atoms with Crippen molar-refractivity contribution in [3.63, 3.8) is 0 Å². The van der Waals surface area contributed by atoms with E-state index in [2.05, 4.69) is 15.6 Å². The minimum atomic E-state index is -0.400. The van der Waals surface area contributed by atoms with Crippen molar-refractivity contribution in [1.29, 1.82) is 0 Å². The van der Waals surface area contributed by atoms with Crippen LogP contribution in [-0.4, -0.2) is 16.7 Å². The zero-order chi connectivity index (χ0) is 15.1. The molecule has 0 saturated heterocycles. The second kappa shape index (κ2) is 4.98. The summed E-state index contributed by atoms with van der Waals surface area (Å²) in [6.45, 7) is 0. The van der Waals surface area contributed by atoms with Crippen LogP contribution in [0.3, 0.4) is 0 Å². The molecule has 2 heterocycles. The molecule has 2 N–H and O–H groups in total. The third-order valence-electron chi connectivity index (χ3n) is 4.48. The molecule has 0 radical (unpaired) electrons. The third kappa shape index (κ3) is 1.99. The molecule has 4 nitrogen and oxygen atoms in total. The SMILES string of the molecule is NC(=O)c1ccc2cc3n(c2c1)C=CN=CC1=C3CCCC1. The first-order chi connectivity index (χ1) is 10.7. The molecular formula is C18H17N3O. The zero-order valence-corrected chi connectivity index (χ0v) is 12.2. The van der Waals surface area contributed by atoms with Crippen molar-refractivity contribution in [2.24, 2.45) is 10.7 Å². The van der Waals surface area contributed by atoms with Gasteiger partial charge >= 0.3 is 0 Å². The van der Waals surface area contributed by atoms with Crippen LogP contribution in [0, 0.1) is 0 Å². The van der Waals surface area contributed by atoms with Crippen LogP contribution >= 0.6 is 0 Å². The number of hydrogen-bond donors (Lipinski definition) is 1. The summed E-state index contributed by atoms with van der Waals surface area (Å²) < 4.78 is 2.12. The summed E-state index contributed by atoms with van der Waals surface area (Å²) in [5.41, 5.74) is 10.8. The molecule has 1 aromatic carbocycles. The van der Waals surface area contributed by atoms with Gasteiger partial charge in [-0.05, 0) is 55.0 Å². The van der Waals surface area contributed by atoms with E-state index in [1.165, 1.54) is 29.7 Å². The molecule has 0 unspecified atom stereocenters. The van der Waals surface area contributed by atoms with Gasteiger partial charge < -0.3 is 10.3 Å². The Labute approximate surface area is 128 Å². The molecule has 0 spiro atoms. The molecule has 1 aromatic heterocycles. The minimum Gasteiger partial charge on any atom is -0.366 e. The van der Waals surface area contributed by atoms with Crippen LogP contribution in [0.2, 0.25) is 0 Å². The summed E-state index contributed by atoms with van der Waals surface area (Å²) in [7, 11) is 0. The fourth-order valence-electron chi connectivity index (χ4n) is 3.37. The smallest absolute Gasteiger partial charge is 0.248 e. The van der Waals surface area contributed by atoms with Crippen molar-refractivity contribution in [2.75, 3.05) is 0 Å². The first-order valence-corrected chi connectivity index (χ1v) is 7.61. The van der Waals surface area contributed by atoms with Crippen LogP contribution in [0.5, 0.6) is 0 Å². The molecule has 110 valence electrons. The van der Waals surface area contributed by atoms with Crippen LogP contribution in [0.1, 0.15) is 41.7 Å². The second-order valence-electron chi connectivity index (χ2n) is 5.82. The Hall–Kier alpha value is -2.62. The Morgan fingerprint density at radius 2 is 2.05 bits per heavy atom. The number of nitrogens with zero attached hydrogens (tertiary/aromatic N) is 2. The summed E-state index contributed by atoms with van der Waals surface area (Å²) in [6, 6.07) is 7.81. The molecular weight excluding hydrogens is 274 g/mol. The number of aliphatic imine (C=N–C) groups is 1. The number of carbonyl (C=O) groups excluding carboxylic acids is 1. The first kappa shape index (κ1) is 13.1. The largest absolute Gasteiger partial charge is 0.366 e. The Morgan fingerprint density at radius 3 is 2.91 bits per heavy atom. The highest BCUT2D eigenvalue weighted by atomic mass is 16.1. The van der Waals surface area contributed by atoms with Gasteiger partial charge in [-0.1, -0.05) is 6.07 Å². The average molecular weight is 291 g/mol. The number of hydrogen-bond acceptors (Lipinski definition) is 2. The van der Waals surface area contributed by atoms with Gasteiger partial charge in [-0.3, -0.25) is 9.79 Å². The van der Waals surface area contributed by atoms with Crippen molar-refractivity contribution in [1.82, 2.24) is 4.57 Å². The molecule has 0 fully saturated rings. The van der Waals surface area contributed by atoms with Crippen LogP contribution in [0.25, 0.3) is 22.7 Å². The van der Waals surface area contributed by atoms with Crippen LogP contribution in [-0.2, 0) is 0 Å². The monoisotopic (exact) mass is 291 g/mol. The van der Waals surface area contributed by atoms with E-state index >= 15 is 0 Å². The minimum absolute atomic E-state index is 0.400. The molecule has 1 aliphatic heterocycles. The Morgan fingerprint density at radius 1 is 1.18 bits per heavy atom. The normalized spacial score (nSPS) is 17.1. The number of primary amides is 1. The summed E-state index contributed by atoms with van der Waals surface area (Å²) in [4.78, 5) is 15.8. The van der Waals surface area contributed by atoms with Gasteiger partial charge in [-0.15, -0.1) is 0 Å². The lowest BCUT2D eigenvalue weighted by molar-refractivity contribution is 0.100. The molecule has 2 aliphatic rings. The Balaban J connectivity index is 2.00. The van der Waals surface area contributed by atoms with Crippen molar-refractivity contribution in [3.8, 4) is 0 Å². The molecule has 4 heteroatoms. The second-order valence-corrected chi connectivity index (χ2v) is 5.82. The maximum atomic E-state index is 11.4.